The van der Waals surface area contributed by atoms with Crippen LogP contribution in [-0.4, -0.2) is 88.1 Å². The minimum atomic E-state index is 0.439. The van der Waals surface area contributed by atoms with E-state index >= 15 is 0 Å². The Hall–Kier alpha value is -2.07. The molecular formula is C27H39N7OS. The lowest BCUT2D eigenvalue weighted by Crippen LogP contribution is -2.50. The summed E-state index contributed by atoms with van der Waals surface area (Å²) in [5.41, 5.74) is 2.44. The molecule has 2 saturated heterocycles. The van der Waals surface area contributed by atoms with Crippen LogP contribution < -0.4 is 5.32 Å². The van der Waals surface area contributed by atoms with Crippen molar-refractivity contribution in [2.24, 2.45) is 0 Å². The third-order valence-electron chi connectivity index (χ3n) is 8.34. The molecule has 2 aliphatic heterocycles. The van der Waals surface area contributed by atoms with Crippen molar-refractivity contribution in [3.05, 3.63) is 34.7 Å². The predicted octanol–water partition coefficient (Wildman–Crippen LogP) is 4.11. The highest BCUT2D eigenvalue weighted by molar-refractivity contribution is 7.17. The SMILES string of the molecule is Cc1csc2nc(Cc3cnn(C4CCOCC4)c3)nc(NC3CCC(N4CCN(C)CC4)CC3)c12. The van der Waals surface area contributed by atoms with Crippen LogP contribution in [-0.2, 0) is 11.2 Å². The molecule has 3 aromatic rings. The van der Waals surface area contributed by atoms with E-state index in [1.54, 1.807) is 11.3 Å². The smallest absolute Gasteiger partial charge is 0.139 e. The van der Waals surface area contributed by atoms with Gasteiger partial charge in [0.05, 0.1) is 17.6 Å². The van der Waals surface area contributed by atoms with Gasteiger partial charge in [-0.3, -0.25) is 9.58 Å². The van der Waals surface area contributed by atoms with Crippen molar-refractivity contribution in [1.29, 1.82) is 0 Å². The number of nitrogens with zero attached hydrogens (tertiary/aromatic N) is 6. The number of thiophene rings is 1. The van der Waals surface area contributed by atoms with Crippen molar-refractivity contribution in [3.8, 4) is 0 Å². The zero-order chi connectivity index (χ0) is 24.5. The van der Waals surface area contributed by atoms with Gasteiger partial charge < -0.3 is 15.0 Å². The lowest BCUT2D eigenvalue weighted by atomic mass is 9.89. The molecule has 3 fully saturated rings. The largest absolute Gasteiger partial charge is 0.381 e. The molecule has 3 aromatic heterocycles. The summed E-state index contributed by atoms with van der Waals surface area (Å²) in [6, 6.07) is 1.66. The molecule has 0 atom stereocenters. The number of piperazine rings is 1. The minimum absolute atomic E-state index is 0.439. The molecule has 0 aromatic carbocycles. The number of ether oxygens (including phenoxy) is 1. The Balaban J connectivity index is 1.14. The molecule has 0 spiro atoms. The molecule has 0 bridgehead atoms. The Morgan fingerprint density at radius 1 is 1.00 bits per heavy atom. The van der Waals surface area contributed by atoms with Crippen molar-refractivity contribution in [3.63, 3.8) is 0 Å². The quantitative estimate of drug-likeness (QED) is 0.536. The monoisotopic (exact) mass is 509 g/mol. The average Bonchev–Trinajstić information content (AvgIpc) is 3.52. The molecule has 6 rings (SSSR count). The number of fused-ring (bicyclic) bond motifs is 1. The summed E-state index contributed by atoms with van der Waals surface area (Å²) in [4.78, 5) is 16.3. The summed E-state index contributed by atoms with van der Waals surface area (Å²) in [6.45, 7) is 8.65. The van der Waals surface area contributed by atoms with Gasteiger partial charge in [-0.2, -0.15) is 5.10 Å². The predicted molar refractivity (Wildman–Crippen MR) is 145 cm³/mol. The summed E-state index contributed by atoms with van der Waals surface area (Å²) in [7, 11) is 2.24. The average molecular weight is 510 g/mol. The molecule has 5 heterocycles. The van der Waals surface area contributed by atoms with Gasteiger partial charge >= 0.3 is 0 Å². The van der Waals surface area contributed by atoms with E-state index in [1.165, 1.54) is 68.4 Å². The number of rotatable bonds is 6. The number of nitrogens with one attached hydrogen (secondary N) is 1. The minimum Gasteiger partial charge on any atom is -0.381 e. The fourth-order valence-corrected chi connectivity index (χ4v) is 7.02. The van der Waals surface area contributed by atoms with Gasteiger partial charge in [0.15, 0.2) is 0 Å². The van der Waals surface area contributed by atoms with E-state index < -0.39 is 0 Å². The molecule has 0 unspecified atom stereocenters. The van der Waals surface area contributed by atoms with Crippen LogP contribution in [0.25, 0.3) is 10.2 Å². The lowest BCUT2D eigenvalue weighted by Gasteiger charge is -2.41. The van der Waals surface area contributed by atoms with Gasteiger partial charge in [0.25, 0.3) is 0 Å². The first kappa shape index (κ1) is 24.3. The maximum absolute atomic E-state index is 5.51. The van der Waals surface area contributed by atoms with Crippen LogP contribution in [0.1, 0.15) is 61.5 Å². The van der Waals surface area contributed by atoms with E-state index in [-0.39, 0.29) is 0 Å². The summed E-state index contributed by atoms with van der Waals surface area (Å²) in [5, 5.41) is 11.9. The Labute approximate surface area is 218 Å². The van der Waals surface area contributed by atoms with Crippen LogP contribution in [0.5, 0.6) is 0 Å². The van der Waals surface area contributed by atoms with Crippen LogP contribution in [0.15, 0.2) is 17.8 Å². The first-order valence-corrected chi connectivity index (χ1v) is 14.5. The van der Waals surface area contributed by atoms with Crippen LogP contribution in [0, 0.1) is 6.92 Å². The zero-order valence-corrected chi connectivity index (χ0v) is 22.5. The number of aryl methyl sites for hydroxylation is 1. The maximum atomic E-state index is 5.51. The van der Waals surface area contributed by atoms with E-state index in [2.05, 4.69) is 50.4 Å². The summed E-state index contributed by atoms with van der Waals surface area (Å²) < 4.78 is 7.63. The molecule has 1 N–H and O–H groups in total. The Morgan fingerprint density at radius 2 is 1.78 bits per heavy atom. The molecular weight excluding hydrogens is 470 g/mol. The lowest BCUT2D eigenvalue weighted by molar-refractivity contribution is 0.0662. The molecule has 3 aliphatic rings. The van der Waals surface area contributed by atoms with E-state index in [4.69, 9.17) is 14.7 Å². The highest BCUT2D eigenvalue weighted by atomic mass is 32.1. The van der Waals surface area contributed by atoms with Crippen LogP contribution >= 0.6 is 11.3 Å². The molecule has 194 valence electrons. The van der Waals surface area contributed by atoms with Gasteiger partial charge in [0.1, 0.15) is 16.5 Å². The maximum Gasteiger partial charge on any atom is 0.139 e. The number of hydrogen-bond donors (Lipinski definition) is 1. The second-order valence-electron chi connectivity index (χ2n) is 10.9. The Morgan fingerprint density at radius 3 is 2.56 bits per heavy atom. The van der Waals surface area contributed by atoms with E-state index in [0.29, 0.717) is 18.5 Å². The standard InChI is InChI=1S/C27H39N7OS/c1-19-18-36-27-25(19)26(29-21-3-5-22(6-4-21)33-11-9-32(2)10-12-33)30-24(31-27)15-20-16-28-34(17-20)23-7-13-35-14-8-23/h16-18,21-23H,3-15H2,1-2H3,(H,29,30,31). The number of anilines is 1. The summed E-state index contributed by atoms with van der Waals surface area (Å²) in [5.74, 6) is 1.90. The van der Waals surface area contributed by atoms with Gasteiger partial charge in [-0.05, 0) is 69.0 Å². The molecule has 9 heteroatoms. The van der Waals surface area contributed by atoms with Gasteiger partial charge in [0.2, 0.25) is 0 Å². The van der Waals surface area contributed by atoms with E-state index in [9.17, 15) is 0 Å². The second-order valence-corrected chi connectivity index (χ2v) is 11.8. The molecule has 0 amide bonds. The van der Waals surface area contributed by atoms with Crippen molar-refractivity contribution < 1.29 is 4.74 Å². The first-order valence-electron chi connectivity index (χ1n) is 13.7. The topological polar surface area (TPSA) is 71.3 Å². The third-order valence-corrected chi connectivity index (χ3v) is 9.33. The third kappa shape index (κ3) is 5.30. The van der Waals surface area contributed by atoms with Crippen molar-refractivity contribution in [2.45, 2.75) is 70.0 Å². The number of aromatic nitrogens is 4. The van der Waals surface area contributed by atoms with Gasteiger partial charge in [0, 0.05) is 64.1 Å². The van der Waals surface area contributed by atoms with Crippen molar-refractivity contribution in [2.75, 3.05) is 51.8 Å². The Bertz CT molecular complexity index is 1150. The van der Waals surface area contributed by atoms with Crippen molar-refractivity contribution in [1.82, 2.24) is 29.5 Å². The highest BCUT2D eigenvalue weighted by Gasteiger charge is 2.28. The molecule has 1 aliphatic carbocycles. The number of hydrogen-bond acceptors (Lipinski definition) is 8. The fraction of sp³-hybridized carbons (Fsp3) is 0.667. The zero-order valence-electron chi connectivity index (χ0n) is 21.7. The van der Waals surface area contributed by atoms with Crippen LogP contribution in [0.2, 0.25) is 0 Å². The fourth-order valence-electron chi connectivity index (χ4n) is 6.08. The second kappa shape index (κ2) is 10.7. The summed E-state index contributed by atoms with van der Waals surface area (Å²) >= 11 is 1.73. The van der Waals surface area contributed by atoms with Crippen LogP contribution in [0.4, 0.5) is 5.82 Å². The normalized spacial score (nSPS) is 24.9. The molecule has 1 saturated carbocycles. The Kier molecular flexibility index (Phi) is 7.24. The van der Waals surface area contributed by atoms with E-state index in [1.807, 2.05) is 6.20 Å². The molecule has 0 radical (unpaired) electrons. The summed E-state index contributed by atoms with van der Waals surface area (Å²) in [6.07, 6.45) is 11.9. The van der Waals surface area contributed by atoms with Crippen LogP contribution in [0.3, 0.4) is 0 Å². The first-order chi connectivity index (χ1) is 17.6. The van der Waals surface area contributed by atoms with Gasteiger partial charge in [-0.25, -0.2) is 9.97 Å². The molecule has 36 heavy (non-hydrogen) atoms. The van der Waals surface area contributed by atoms with Crippen molar-refractivity contribution >= 4 is 27.4 Å². The highest BCUT2D eigenvalue weighted by Crippen LogP contribution is 2.33. The number of likely N-dealkylation sites (N-methyl/N-ethyl adjacent to an activating group) is 1. The van der Waals surface area contributed by atoms with Gasteiger partial charge in [-0.15, -0.1) is 11.3 Å². The molecule has 8 nitrogen and oxygen atoms in total. The van der Waals surface area contributed by atoms with E-state index in [0.717, 1.165) is 48.6 Å². The van der Waals surface area contributed by atoms with Gasteiger partial charge in [-0.1, -0.05) is 0 Å².